The van der Waals surface area contributed by atoms with E-state index in [4.69, 9.17) is 17.2 Å². The van der Waals surface area contributed by atoms with Gasteiger partial charge >= 0.3 is 17.9 Å². The molecule has 9 nitrogen and oxygen atoms in total. The van der Waals surface area contributed by atoms with Crippen molar-refractivity contribution in [2.24, 2.45) is 17.2 Å². The Balaban J connectivity index is 2.70. The van der Waals surface area contributed by atoms with Crippen LogP contribution in [0.15, 0.2) is 0 Å². The number of ether oxygens (including phenoxy) is 3. The standard InChI is InChI=1S/C9H15N3O6/c10-4-1-16-8(14)5(11)2-18-9(15)6(12)3-17-7(4)13/h4-6H,1-3,10-12H2. The van der Waals surface area contributed by atoms with Crippen molar-refractivity contribution in [3.63, 3.8) is 0 Å². The Labute approximate surface area is 102 Å². The van der Waals surface area contributed by atoms with Crippen molar-refractivity contribution in [1.29, 1.82) is 0 Å². The summed E-state index contributed by atoms with van der Waals surface area (Å²) in [5.41, 5.74) is 16.2. The van der Waals surface area contributed by atoms with E-state index in [-0.39, 0.29) is 19.8 Å². The van der Waals surface area contributed by atoms with Gasteiger partial charge in [-0.1, -0.05) is 0 Å². The fourth-order valence-electron chi connectivity index (χ4n) is 1.04. The Morgan fingerprint density at radius 2 is 0.889 bits per heavy atom. The lowest BCUT2D eigenvalue weighted by Gasteiger charge is -2.18. The topological polar surface area (TPSA) is 157 Å². The summed E-state index contributed by atoms with van der Waals surface area (Å²) in [6, 6.07) is -3.45. The zero-order chi connectivity index (χ0) is 13.7. The predicted octanol–water partition coefficient (Wildman–Crippen LogP) is -3.39. The summed E-state index contributed by atoms with van der Waals surface area (Å²) in [6.07, 6.45) is 0. The number of hydrogen-bond donors (Lipinski definition) is 3. The first-order chi connectivity index (χ1) is 8.41. The maximum absolute atomic E-state index is 11.3. The minimum Gasteiger partial charge on any atom is -0.462 e. The SMILES string of the molecule is NC1COC(=O)C(N)COC(=O)C(N)COC1=O. The normalized spacial score (nSPS) is 31.5. The van der Waals surface area contributed by atoms with E-state index in [0.717, 1.165) is 0 Å². The van der Waals surface area contributed by atoms with Crippen molar-refractivity contribution in [3.8, 4) is 0 Å². The monoisotopic (exact) mass is 261 g/mol. The van der Waals surface area contributed by atoms with Crippen molar-refractivity contribution >= 4 is 17.9 Å². The molecular formula is C9H15N3O6. The van der Waals surface area contributed by atoms with Gasteiger partial charge in [-0.15, -0.1) is 0 Å². The lowest BCUT2D eigenvalue weighted by Crippen LogP contribution is -2.47. The molecule has 18 heavy (non-hydrogen) atoms. The molecule has 0 aromatic heterocycles. The second kappa shape index (κ2) is 6.28. The molecule has 1 rings (SSSR count). The number of carbonyl (C=O) groups is 3. The van der Waals surface area contributed by atoms with E-state index in [0.29, 0.717) is 0 Å². The first-order valence-corrected chi connectivity index (χ1v) is 5.18. The largest absolute Gasteiger partial charge is 0.462 e. The second-order valence-electron chi connectivity index (χ2n) is 3.71. The van der Waals surface area contributed by atoms with Crippen molar-refractivity contribution in [1.82, 2.24) is 0 Å². The molecule has 3 unspecified atom stereocenters. The number of nitrogens with two attached hydrogens (primary N) is 3. The molecule has 1 fully saturated rings. The van der Waals surface area contributed by atoms with Crippen LogP contribution < -0.4 is 17.2 Å². The van der Waals surface area contributed by atoms with Crippen LogP contribution in [0.25, 0.3) is 0 Å². The van der Waals surface area contributed by atoms with Crippen molar-refractivity contribution in [2.75, 3.05) is 19.8 Å². The van der Waals surface area contributed by atoms with E-state index in [1.54, 1.807) is 0 Å². The summed E-state index contributed by atoms with van der Waals surface area (Å²) < 4.78 is 14.0. The number of cyclic esters (lactones) is 3. The molecule has 1 heterocycles. The zero-order valence-electron chi connectivity index (χ0n) is 9.53. The van der Waals surface area contributed by atoms with Gasteiger partial charge in [0.25, 0.3) is 0 Å². The van der Waals surface area contributed by atoms with Crippen LogP contribution in [0.4, 0.5) is 0 Å². The molecular weight excluding hydrogens is 246 g/mol. The van der Waals surface area contributed by atoms with Crippen LogP contribution in [0.5, 0.6) is 0 Å². The Bertz CT molecular complexity index is 295. The minimum absolute atomic E-state index is 0.367. The Hall–Kier alpha value is -1.71. The average molecular weight is 261 g/mol. The molecule has 1 saturated heterocycles. The molecule has 1 aliphatic heterocycles. The van der Waals surface area contributed by atoms with E-state index in [9.17, 15) is 14.4 Å². The highest BCUT2D eigenvalue weighted by atomic mass is 16.6. The van der Waals surface area contributed by atoms with Crippen molar-refractivity contribution in [3.05, 3.63) is 0 Å². The number of rotatable bonds is 0. The van der Waals surface area contributed by atoms with Gasteiger partial charge in [-0.25, -0.2) is 0 Å². The highest BCUT2D eigenvalue weighted by Gasteiger charge is 2.26. The number of hydrogen-bond acceptors (Lipinski definition) is 9. The van der Waals surface area contributed by atoms with Crippen LogP contribution in [-0.4, -0.2) is 55.9 Å². The molecule has 102 valence electrons. The molecule has 3 atom stereocenters. The van der Waals surface area contributed by atoms with E-state index in [2.05, 4.69) is 14.2 Å². The van der Waals surface area contributed by atoms with Gasteiger partial charge in [0.05, 0.1) is 0 Å². The molecule has 0 aliphatic carbocycles. The highest BCUT2D eigenvalue weighted by molar-refractivity contribution is 5.80. The smallest absolute Gasteiger partial charge is 0.326 e. The van der Waals surface area contributed by atoms with Gasteiger partial charge in [0.2, 0.25) is 0 Å². The third kappa shape index (κ3) is 3.95. The number of esters is 3. The third-order valence-corrected chi connectivity index (χ3v) is 2.12. The molecule has 0 aromatic rings. The number of carbonyl (C=O) groups excluding carboxylic acids is 3. The lowest BCUT2D eigenvalue weighted by atomic mass is 10.3. The highest BCUT2D eigenvalue weighted by Crippen LogP contribution is 1.97. The second-order valence-corrected chi connectivity index (χ2v) is 3.71. The van der Waals surface area contributed by atoms with Crippen LogP contribution in [0.3, 0.4) is 0 Å². The molecule has 0 radical (unpaired) electrons. The molecule has 0 saturated carbocycles. The van der Waals surface area contributed by atoms with Crippen LogP contribution in [0, 0.1) is 0 Å². The minimum atomic E-state index is -1.15. The van der Waals surface area contributed by atoms with E-state index < -0.39 is 36.0 Å². The van der Waals surface area contributed by atoms with Gasteiger partial charge in [-0.2, -0.15) is 0 Å². The quantitative estimate of drug-likeness (QED) is 0.298. The van der Waals surface area contributed by atoms with Crippen LogP contribution in [0.2, 0.25) is 0 Å². The Morgan fingerprint density at radius 3 is 1.11 bits per heavy atom. The Morgan fingerprint density at radius 1 is 0.667 bits per heavy atom. The van der Waals surface area contributed by atoms with E-state index >= 15 is 0 Å². The average Bonchev–Trinajstić information content (AvgIpc) is 2.36. The van der Waals surface area contributed by atoms with Crippen molar-refractivity contribution < 1.29 is 28.6 Å². The molecule has 0 spiro atoms. The summed E-state index contributed by atoms with van der Waals surface area (Å²) in [5, 5.41) is 0. The van der Waals surface area contributed by atoms with Gasteiger partial charge in [-0.05, 0) is 0 Å². The van der Waals surface area contributed by atoms with Crippen molar-refractivity contribution in [2.45, 2.75) is 18.1 Å². The maximum atomic E-state index is 11.3. The fourth-order valence-corrected chi connectivity index (χ4v) is 1.04. The fraction of sp³-hybridized carbons (Fsp3) is 0.667. The molecule has 0 bridgehead atoms. The third-order valence-electron chi connectivity index (χ3n) is 2.12. The Kier molecular flexibility index (Phi) is 5.01. The maximum Gasteiger partial charge on any atom is 0.326 e. The van der Waals surface area contributed by atoms with E-state index in [1.165, 1.54) is 0 Å². The van der Waals surface area contributed by atoms with Gasteiger partial charge < -0.3 is 31.4 Å². The van der Waals surface area contributed by atoms with Gasteiger partial charge in [-0.3, -0.25) is 14.4 Å². The molecule has 6 N–H and O–H groups in total. The summed E-state index contributed by atoms with van der Waals surface area (Å²) in [5.74, 6) is -2.50. The summed E-state index contributed by atoms with van der Waals surface area (Å²) in [4.78, 5) is 33.9. The van der Waals surface area contributed by atoms with Gasteiger partial charge in [0, 0.05) is 0 Å². The molecule has 0 amide bonds. The van der Waals surface area contributed by atoms with Crippen LogP contribution >= 0.6 is 0 Å². The van der Waals surface area contributed by atoms with Gasteiger partial charge in [0.1, 0.15) is 37.9 Å². The molecule has 9 heteroatoms. The molecule has 1 aliphatic rings. The zero-order valence-corrected chi connectivity index (χ0v) is 9.53. The lowest BCUT2D eigenvalue weighted by molar-refractivity contribution is -0.159. The first kappa shape index (κ1) is 14.4. The first-order valence-electron chi connectivity index (χ1n) is 5.18. The molecule has 0 aromatic carbocycles. The van der Waals surface area contributed by atoms with E-state index in [1.807, 2.05) is 0 Å². The van der Waals surface area contributed by atoms with Gasteiger partial charge in [0.15, 0.2) is 0 Å². The summed E-state index contributed by atoms with van der Waals surface area (Å²) in [7, 11) is 0. The summed E-state index contributed by atoms with van der Waals surface area (Å²) >= 11 is 0. The predicted molar refractivity (Wildman–Crippen MR) is 56.8 cm³/mol. The summed E-state index contributed by atoms with van der Waals surface area (Å²) in [6.45, 7) is -1.10. The van der Waals surface area contributed by atoms with Crippen LogP contribution in [-0.2, 0) is 28.6 Å². The van der Waals surface area contributed by atoms with Crippen LogP contribution in [0.1, 0.15) is 0 Å².